The Labute approximate surface area is 100 Å². The molecule has 2 rings (SSSR count). The van der Waals surface area contributed by atoms with Crippen LogP contribution in [0.4, 0.5) is 0 Å². The largest absolute Gasteiger partial charge is 0.384 e. The topological polar surface area (TPSA) is 53.4 Å². The van der Waals surface area contributed by atoms with Crippen molar-refractivity contribution in [3.05, 3.63) is 29.6 Å². The van der Waals surface area contributed by atoms with Gasteiger partial charge < -0.3 is 10.0 Å². The van der Waals surface area contributed by atoms with Crippen molar-refractivity contribution in [1.29, 1.82) is 0 Å². The third-order valence-corrected chi connectivity index (χ3v) is 2.69. The van der Waals surface area contributed by atoms with Gasteiger partial charge in [0.15, 0.2) is 0 Å². The normalized spacial score (nSPS) is 14.3. The smallest absolute Gasteiger partial charge is 0.272 e. The highest BCUT2D eigenvalue weighted by atomic mass is 16.2. The van der Waals surface area contributed by atoms with Crippen LogP contribution < -0.4 is 0 Å². The first-order valence-electron chi connectivity index (χ1n) is 5.66. The predicted molar refractivity (Wildman–Crippen MR) is 63.3 cm³/mol. The number of hydrogen-bond acceptors (Lipinski definition) is 3. The van der Waals surface area contributed by atoms with E-state index >= 15 is 0 Å². The lowest BCUT2D eigenvalue weighted by Gasteiger charge is -2.14. The molecule has 0 saturated carbocycles. The van der Waals surface area contributed by atoms with Crippen LogP contribution >= 0.6 is 0 Å². The lowest BCUT2D eigenvalue weighted by molar-refractivity contribution is 0.0787. The molecule has 1 amide bonds. The molecule has 1 aromatic heterocycles. The second kappa shape index (κ2) is 5.46. The van der Waals surface area contributed by atoms with Gasteiger partial charge in [0.25, 0.3) is 5.91 Å². The number of amides is 1. The van der Waals surface area contributed by atoms with Gasteiger partial charge in [0, 0.05) is 24.8 Å². The number of nitrogens with zero attached hydrogens (tertiary/aromatic N) is 2. The zero-order chi connectivity index (χ0) is 12.1. The van der Waals surface area contributed by atoms with Gasteiger partial charge in [0.2, 0.25) is 0 Å². The molecule has 0 bridgehead atoms. The summed E-state index contributed by atoms with van der Waals surface area (Å²) in [5, 5.41) is 8.56. The average Bonchev–Trinajstić information content (AvgIpc) is 2.90. The fourth-order valence-electron chi connectivity index (χ4n) is 1.82. The maximum atomic E-state index is 12.0. The summed E-state index contributed by atoms with van der Waals surface area (Å²) in [5.74, 6) is 5.27. The monoisotopic (exact) mass is 230 g/mol. The molecule has 2 heterocycles. The third-order valence-electron chi connectivity index (χ3n) is 2.69. The number of pyridine rings is 1. The number of aliphatic hydroxyl groups is 1. The van der Waals surface area contributed by atoms with Crippen molar-refractivity contribution in [3.8, 4) is 11.8 Å². The van der Waals surface area contributed by atoms with Crippen molar-refractivity contribution >= 4 is 5.91 Å². The van der Waals surface area contributed by atoms with Gasteiger partial charge in [-0.25, -0.2) is 4.98 Å². The molecule has 0 spiro atoms. The second-order valence-electron chi connectivity index (χ2n) is 3.89. The van der Waals surface area contributed by atoms with Gasteiger partial charge in [-0.3, -0.25) is 4.79 Å². The van der Waals surface area contributed by atoms with E-state index in [0.29, 0.717) is 11.3 Å². The number of hydrogen-bond donors (Lipinski definition) is 1. The molecule has 0 radical (unpaired) electrons. The van der Waals surface area contributed by atoms with E-state index in [9.17, 15) is 4.79 Å². The van der Waals surface area contributed by atoms with Gasteiger partial charge in [-0.05, 0) is 25.0 Å². The molecule has 1 N–H and O–H groups in total. The van der Waals surface area contributed by atoms with E-state index in [0.717, 1.165) is 25.9 Å². The molecule has 1 aliphatic heterocycles. The summed E-state index contributed by atoms with van der Waals surface area (Å²) in [7, 11) is 0. The van der Waals surface area contributed by atoms with E-state index in [2.05, 4.69) is 16.8 Å². The van der Waals surface area contributed by atoms with E-state index < -0.39 is 0 Å². The Balaban J connectivity index is 2.09. The number of aromatic nitrogens is 1. The first kappa shape index (κ1) is 11.6. The minimum Gasteiger partial charge on any atom is -0.384 e. The summed E-state index contributed by atoms with van der Waals surface area (Å²) in [6.45, 7) is 1.48. The molecule has 0 aromatic carbocycles. The predicted octanol–water partition coefficient (Wildman–Crippen LogP) is 0.661. The lowest BCUT2D eigenvalue weighted by atomic mass is 10.2. The number of aliphatic hydroxyl groups excluding tert-OH is 1. The van der Waals surface area contributed by atoms with Crippen LogP contribution in [0.1, 0.15) is 28.9 Å². The average molecular weight is 230 g/mol. The second-order valence-corrected chi connectivity index (χ2v) is 3.89. The van der Waals surface area contributed by atoms with Gasteiger partial charge in [0.1, 0.15) is 12.3 Å². The molecule has 4 nitrogen and oxygen atoms in total. The van der Waals surface area contributed by atoms with Crippen LogP contribution in [0.3, 0.4) is 0 Å². The summed E-state index contributed by atoms with van der Waals surface area (Å²) in [4.78, 5) is 17.9. The van der Waals surface area contributed by atoms with Crippen molar-refractivity contribution in [2.45, 2.75) is 12.8 Å². The lowest BCUT2D eigenvalue weighted by Crippen LogP contribution is -2.28. The van der Waals surface area contributed by atoms with E-state index in [1.165, 1.54) is 0 Å². The Hall–Kier alpha value is -1.86. The van der Waals surface area contributed by atoms with E-state index in [1.54, 1.807) is 18.3 Å². The van der Waals surface area contributed by atoms with Crippen LogP contribution in [-0.2, 0) is 0 Å². The number of carbonyl (C=O) groups is 1. The van der Waals surface area contributed by atoms with Gasteiger partial charge in [-0.1, -0.05) is 11.8 Å². The van der Waals surface area contributed by atoms with Crippen molar-refractivity contribution < 1.29 is 9.90 Å². The summed E-state index contributed by atoms with van der Waals surface area (Å²) >= 11 is 0. The van der Waals surface area contributed by atoms with Crippen LogP contribution in [-0.4, -0.2) is 40.6 Å². The number of likely N-dealkylation sites (tertiary alicyclic amines) is 1. The quantitative estimate of drug-likeness (QED) is 0.721. The molecular weight excluding hydrogens is 216 g/mol. The first-order valence-corrected chi connectivity index (χ1v) is 5.66. The van der Waals surface area contributed by atoms with Crippen molar-refractivity contribution in [2.75, 3.05) is 19.7 Å². The maximum absolute atomic E-state index is 12.0. The fourth-order valence-corrected chi connectivity index (χ4v) is 1.82. The molecule has 1 aromatic rings. The standard InChI is InChI=1S/C13H14N2O2/c16-9-3-4-11-5-6-12(14-10-11)13(17)15-7-1-2-8-15/h5-6,10,16H,1-2,7-9H2. The molecule has 0 unspecified atom stereocenters. The number of carbonyl (C=O) groups excluding carboxylic acids is 1. The van der Waals surface area contributed by atoms with Crippen molar-refractivity contribution in [3.63, 3.8) is 0 Å². The molecule has 1 fully saturated rings. The SMILES string of the molecule is O=C(c1ccc(C#CCO)cn1)N1CCCC1. The first-order chi connectivity index (χ1) is 8.31. The van der Waals surface area contributed by atoms with Crippen LogP contribution in [0.15, 0.2) is 18.3 Å². The van der Waals surface area contributed by atoms with Crippen LogP contribution in [0.25, 0.3) is 0 Å². The molecule has 4 heteroatoms. The maximum Gasteiger partial charge on any atom is 0.272 e. The van der Waals surface area contributed by atoms with Gasteiger partial charge in [-0.15, -0.1) is 0 Å². The highest BCUT2D eigenvalue weighted by Crippen LogP contribution is 2.11. The van der Waals surface area contributed by atoms with Crippen LogP contribution in [0, 0.1) is 11.8 Å². The van der Waals surface area contributed by atoms with E-state index in [-0.39, 0.29) is 12.5 Å². The Kier molecular flexibility index (Phi) is 3.73. The Morgan fingerprint density at radius 2 is 2.18 bits per heavy atom. The van der Waals surface area contributed by atoms with Gasteiger partial charge >= 0.3 is 0 Å². The minimum absolute atomic E-state index is 0.0100. The van der Waals surface area contributed by atoms with Crippen molar-refractivity contribution in [2.24, 2.45) is 0 Å². The molecule has 17 heavy (non-hydrogen) atoms. The summed E-state index contributed by atoms with van der Waals surface area (Å²) < 4.78 is 0. The molecule has 88 valence electrons. The van der Waals surface area contributed by atoms with Gasteiger partial charge in [0.05, 0.1) is 0 Å². The molecule has 0 atom stereocenters. The van der Waals surface area contributed by atoms with E-state index in [1.807, 2.05) is 4.90 Å². The molecular formula is C13H14N2O2. The minimum atomic E-state index is -0.172. The van der Waals surface area contributed by atoms with Crippen molar-refractivity contribution in [1.82, 2.24) is 9.88 Å². The summed E-state index contributed by atoms with van der Waals surface area (Å²) in [6, 6.07) is 3.43. The Morgan fingerprint density at radius 1 is 1.41 bits per heavy atom. The van der Waals surface area contributed by atoms with Crippen LogP contribution in [0.5, 0.6) is 0 Å². The number of rotatable bonds is 1. The molecule has 1 saturated heterocycles. The van der Waals surface area contributed by atoms with Gasteiger partial charge in [-0.2, -0.15) is 0 Å². The summed E-state index contributed by atoms with van der Waals surface area (Å²) in [5.41, 5.74) is 1.17. The third kappa shape index (κ3) is 2.83. The zero-order valence-corrected chi connectivity index (χ0v) is 9.52. The highest BCUT2D eigenvalue weighted by Gasteiger charge is 2.19. The Bertz CT molecular complexity index is 451. The molecule has 1 aliphatic rings. The fraction of sp³-hybridized carbons (Fsp3) is 0.385. The molecule has 0 aliphatic carbocycles. The Morgan fingerprint density at radius 3 is 2.76 bits per heavy atom. The zero-order valence-electron chi connectivity index (χ0n) is 9.52. The highest BCUT2D eigenvalue weighted by molar-refractivity contribution is 5.92. The summed E-state index contributed by atoms with van der Waals surface area (Å²) in [6.07, 6.45) is 3.71. The van der Waals surface area contributed by atoms with E-state index in [4.69, 9.17) is 5.11 Å². The van der Waals surface area contributed by atoms with Crippen LogP contribution in [0.2, 0.25) is 0 Å².